The number of amides is 1. The van der Waals surface area contributed by atoms with Crippen molar-refractivity contribution in [3.05, 3.63) is 95.3 Å². The maximum atomic E-state index is 13.2. The van der Waals surface area contributed by atoms with Crippen molar-refractivity contribution < 1.29 is 28.6 Å². The van der Waals surface area contributed by atoms with Crippen LogP contribution in [0.2, 0.25) is 0 Å². The van der Waals surface area contributed by atoms with E-state index in [9.17, 15) is 14.4 Å². The minimum absolute atomic E-state index is 0.000300. The van der Waals surface area contributed by atoms with E-state index in [1.807, 2.05) is 60.7 Å². The van der Waals surface area contributed by atoms with Crippen LogP contribution in [0.15, 0.2) is 72.9 Å². The van der Waals surface area contributed by atoms with Crippen molar-refractivity contribution in [2.45, 2.75) is 52.2 Å². The van der Waals surface area contributed by atoms with Crippen LogP contribution in [0, 0.1) is 0 Å². The molecule has 35 heavy (non-hydrogen) atoms. The van der Waals surface area contributed by atoms with Gasteiger partial charge in [-0.3, -0.25) is 9.47 Å². The molecule has 1 amide bonds. The maximum absolute atomic E-state index is 13.2. The smallest absolute Gasteiger partial charge is 0.418 e. The zero-order chi connectivity index (χ0) is 25.0. The summed E-state index contributed by atoms with van der Waals surface area (Å²) in [6, 6.07) is 19.1. The van der Waals surface area contributed by atoms with Crippen LogP contribution in [0.5, 0.6) is 0 Å². The first kappa shape index (κ1) is 24.1. The molecule has 1 atom stereocenters. The van der Waals surface area contributed by atoms with Gasteiger partial charge >= 0.3 is 18.2 Å². The first-order valence-electron chi connectivity index (χ1n) is 11.3. The number of fused-ring (bicyclic) bond motifs is 1. The molecule has 2 heterocycles. The number of nitrogens with zero attached hydrogens (tertiary/aromatic N) is 2. The van der Waals surface area contributed by atoms with Gasteiger partial charge in [0.25, 0.3) is 0 Å². The molecule has 182 valence electrons. The van der Waals surface area contributed by atoms with Gasteiger partial charge in [-0.05, 0) is 38.0 Å². The van der Waals surface area contributed by atoms with Gasteiger partial charge in [-0.1, -0.05) is 60.7 Å². The average Bonchev–Trinajstić information content (AvgIpc) is 3.41. The molecule has 0 bridgehead atoms. The molecule has 0 radical (unpaired) electrons. The fraction of sp³-hybridized carbons (Fsp3) is 0.296. The second kappa shape index (κ2) is 10.0. The summed E-state index contributed by atoms with van der Waals surface area (Å²) in [4.78, 5) is 40.3. The van der Waals surface area contributed by atoms with E-state index in [0.717, 1.165) is 11.1 Å². The Morgan fingerprint density at radius 1 is 0.829 bits per heavy atom. The number of carbonyl (C=O) groups is 3. The lowest BCUT2D eigenvalue weighted by Crippen LogP contribution is -2.35. The predicted molar refractivity (Wildman–Crippen MR) is 127 cm³/mol. The fourth-order valence-electron chi connectivity index (χ4n) is 3.83. The van der Waals surface area contributed by atoms with Crippen molar-refractivity contribution in [3.8, 4) is 0 Å². The van der Waals surface area contributed by atoms with Gasteiger partial charge in [0.05, 0.1) is 12.2 Å². The van der Waals surface area contributed by atoms with E-state index in [1.54, 1.807) is 33.0 Å². The lowest BCUT2D eigenvalue weighted by Gasteiger charge is -2.23. The third kappa shape index (κ3) is 5.71. The minimum Gasteiger partial charge on any atom is -0.459 e. The summed E-state index contributed by atoms with van der Waals surface area (Å²) in [5, 5.41) is 0. The van der Waals surface area contributed by atoms with Crippen molar-refractivity contribution in [1.29, 1.82) is 0 Å². The van der Waals surface area contributed by atoms with Gasteiger partial charge in [-0.15, -0.1) is 0 Å². The number of hydrogen-bond acceptors (Lipinski definition) is 6. The molecule has 8 nitrogen and oxygen atoms in total. The SMILES string of the molecule is CC(C)(C)OC(=O)n1ccc2c1CN(C(=O)OCc1ccccc1)[C@H]2C(=O)OCc1ccccc1. The molecule has 2 aromatic carbocycles. The van der Waals surface area contributed by atoms with Crippen LogP contribution < -0.4 is 0 Å². The monoisotopic (exact) mass is 476 g/mol. The number of benzene rings is 2. The Labute approximate surface area is 204 Å². The van der Waals surface area contributed by atoms with Crippen molar-refractivity contribution in [2.24, 2.45) is 0 Å². The van der Waals surface area contributed by atoms with E-state index in [1.165, 1.54) is 9.47 Å². The third-order valence-electron chi connectivity index (χ3n) is 5.43. The van der Waals surface area contributed by atoms with Crippen LogP contribution >= 0.6 is 0 Å². The molecule has 8 heteroatoms. The van der Waals surface area contributed by atoms with Gasteiger partial charge in [-0.2, -0.15) is 0 Å². The van der Waals surface area contributed by atoms with Crippen LogP contribution in [-0.4, -0.2) is 33.2 Å². The van der Waals surface area contributed by atoms with Crippen LogP contribution in [0.4, 0.5) is 9.59 Å². The quantitative estimate of drug-likeness (QED) is 0.371. The number of esters is 1. The number of ether oxygens (including phenoxy) is 3. The van der Waals surface area contributed by atoms with Gasteiger partial charge in [0.15, 0.2) is 6.04 Å². The van der Waals surface area contributed by atoms with Crippen LogP contribution in [-0.2, 0) is 38.8 Å². The van der Waals surface area contributed by atoms with Crippen LogP contribution in [0.1, 0.15) is 49.2 Å². The Morgan fingerprint density at radius 2 is 1.40 bits per heavy atom. The summed E-state index contributed by atoms with van der Waals surface area (Å²) in [6.45, 7) is 5.42. The van der Waals surface area contributed by atoms with E-state index in [4.69, 9.17) is 14.2 Å². The second-order valence-electron chi connectivity index (χ2n) is 9.23. The van der Waals surface area contributed by atoms with E-state index < -0.39 is 29.8 Å². The Morgan fingerprint density at radius 3 is 1.97 bits per heavy atom. The van der Waals surface area contributed by atoms with Crippen molar-refractivity contribution >= 4 is 18.2 Å². The zero-order valence-corrected chi connectivity index (χ0v) is 20.0. The highest BCUT2D eigenvalue weighted by Gasteiger charge is 2.43. The first-order valence-corrected chi connectivity index (χ1v) is 11.3. The fourth-order valence-corrected chi connectivity index (χ4v) is 3.83. The molecule has 1 aromatic heterocycles. The molecule has 0 aliphatic carbocycles. The van der Waals surface area contributed by atoms with Gasteiger partial charge in [0.1, 0.15) is 18.8 Å². The second-order valence-corrected chi connectivity index (χ2v) is 9.23. The lowest BCUT2D eigenvalue weighted by atomic mass is 10.1. The van der Waals surface area contributed by atoms with Crippen molar-refractivity contribution in [3.63, 3.8) is 0 Å². The molecule has 0 saturated carbocycles. The molecular formula is C27H28N2O6. The summed E-state index contributed by atoms with van der Waals surface area (Å²) in [7, 11) is 0. The summed E-state index contributed by atoms with van der Waals surface area (Å²) in [5.41, 5.74) is 1.93. The lowest BCUT2D eigenvalue weighted by molar-refractivity contribution is -0.150. The van der Waals surface area contributed by atoms with E-state index >= 15 is 0 Å². The number of rotatable bonds is 5. The van der Waals surface area contributed by atoms with Gasteiger partial charge in [-0.25, -0.2) is 14.4 Å². The van der Waals surface area contributed by atoms with Crippen molar-refractivity contribution in [1.82, 2.24) is 9.47 Å². The zero-order valence-electron chi connectivity index (χ0n) is 20.0. The average molecular weight is 477 g/mol. The Kier molecular flexibility index (Phi) is 6.91. The molecule has 0 unspecified atom stereocenters. The normalized spacial score (nSPS) is 14.8. The molecular weight excluding hydrogens is 448 g/mol. The van der Waals surface area contributed by atoms with E-state index in [2.05, 4.69) is 0 Å². The Bertz CT molecular complexity index is 1200. The first-order chi connectivity index (χ1) is 16.7. The topological polar surface area (TPSA) is 87.1 Å². The molecule has 1 aliphatic heterocycles. The predicted octanol–water partition coefficient (Wildman–Crippen LogP) is 5.21. The molecule has 1 aliphatic rings. The summed E-state index contributed by atoms with van der Waals surface area (Å²) in [5.74, 6) is -0.605. The molecule has 4 rings (SSSR count). The highest BCUT2D eigenvalue weighted by molar-refractivity contribution is 5.86. The molecule has 0 saturated heterocycles. The third-order valence-corrected chi connectivity index (χ3v) is 5.43. The number of aromatic nitrogens is 1. The van der Waals surface area contributed by atoms with Gasteiger partial charge in [0, 0.05) is 11.8 Å². The largest absolute Gasteiger partial charge is 0.459 e. The summed E-state index contributed by atoms with van der Waals surface area (Å²) < 4.78 is 17.8. The number of carbonyl (C=O) groups excluding carboxylic acids is 3. The number of hydrogen-bond donors (Lipinski definition) is 0. The van der Waals surface area contributed by atoms with Gasteiger partial charge in [0.2, 0.25) is 0 Å². The Balaban J connectivity index is 1.56. The van der Waals surface area contributed by atoms with Crippen LogP contribution in [0.3, 0.4) is 0 Å². The highest BCUT2D eigenvalue weighted by atomic mass is 16.6. The molecule has 0 N–H and O–H groups in total. The van der Waals surface area contributed by atoms with E-state index in [0.29, 0.717) is 11.3 Å². The minimum atomic E-state index is -1.04. The maximum Gasteiger partial charge on any atom is 0.418 e. The molecule has 3 aromatic rings. The highest BCUT2D eigenvalue weighted by Crippen LogP contribution is 2.36. The standard InChI is InChI=1S/C27H28N2O6/c1-27(2,3)35-26(32)28-15-14-21-22(28)16-29(25(31)34-18-20-12-8-5-9-13-20)23(21)24(30)33-17-19-10-6-4-7-11-19/h4-15,23H,16-18H2,1-3H3/t23-/m1/s1. The summed E-state index contributed by atoms with van der Waals surface area (Å²) in [6.07, 6.45) is 0.278. The van der Waals surface area contributed by atoms with Crippen LogP contribution in [0.25, 0.3) is 0 Å². The van der Waals surface area contributed by atoms with Crippen molar-refractivity contribution in [2.75, 3.05) is 0 Å². The van der Waals surface area contributed by atoms with E-state index in [-0.39, 0.29) is 19.8 Å². The molecule has 0 spiro atoms. The van der Waals surface area contributed by atoms with Gasteiger partial charge < -0.3 is 14.2 Å². The Hall–Kier alpha value is -4.07. The summed E-state index contributed by atoms with van der Waals surface area (Å²) >= 11 is 0. The molecule has 0 fully saturated rings.